The minimum absolute atomic E-state index is 0.0148. The molecular weight excluding hydrogens is 618 g/mol. The summed E-state index contributed by atoms with van der Waals surface area (Å²) in [5.74, 6) is -1.35. The van der Waals surface area contributed by atoms with Crippen LogP contribution < -0.4 is 20.7 Å². The maximum Gasteiger partial charge on any atom is 0.338 e. The molecule has 0 aromatic heterocycles. The molecule has 4 aromatic rings. The minimum atomic E-state index is -0.595. The van der Waals surface area contributed by atoms with Crippen molar-refractivity contribution in [2.24, 2.45) is 0 Å². The third-order valence-corrected chi connectivity index (χ3v) is 7.64. The summed E-state index contributed by atoms with van der Waals surface area (Å²) in [5, 5.41) is 18.1. The lowest BCUT2D eigenvalue weighted by Gasteiger charge is -2.13. The van der Waals surface area contributed by atoms with Crippen molar-refractivity contribution < 1.29 is 33.8 Å². The highest BCUT2D eigenvalue weighted by Gasteiger charge is 2.17. The molecule has 0 atom stereocenters. The van der Waals surface area contributed by atoms with Gasteiger partial charge in [0, 0.05) is 33.5 Å². The largest absolute Gasteiger partial charge is 0.508 e. The van der Waals surface area contributed by atoms with Gasteiger partial charge in [-0.3, -0.25) is 14.4 Å². The summed E-state index contributed by atoms with van der Waals surface area (Å²) in [6.45, 7) is 2.38. The molecular formula is C36H35N3O7S. The predicted octanol–water partition coefficient (Wildman–Crippen LogP) is 6.50. The fourth-order valence-corrected chi connectivity index (χ4v) is 4.96. The van der Waals surface area contributed by atoms with Gasteiger partial charge in [-0.15, -0.1) is 11.8 Å². The second-order valence-electron chi connectivity index (χ2n) is 10.2. The van der Waals surface area contributed by atoms with Gasteiger partial charge in [0.05, 0.1) is 25.0 Å². The first-order valence-electron chi connectivity index (χ1n) is 14.8. The van der Waals surface area contributed by atoms with E-state index in [1.54, 1.807) is 78.9 Å². The molecule has 242 valence electrons. The number of aromatic hydroxyl groups is 1. The number of benzene rings is 4. The van der Waals surface area contributed by atoms with E-state index in [9.17, 15) is 24.3 Å². The Morgan fingerprint density at radius 1 is 0.830 bits per heavy atom. The fraction of sp³-hybridized carbons (Fsp3) is 0.167. The second-order valence-corrected chi connectivity index (χ2v) is 11.2. The summed E-state index contributed by atoms with van der Waals surface area (Å²) in [6, 6.07) is 26.3. The van der Waals surface area contributed by atoms with Gasteiger partial charge in [-0.1, -0.05) is 37.6 Å². The van der Waals surface area contributed by atoms with Crippen molar-refractivity contribution in [3.63, 3.8) is 0 Å². The highest BCUT2D eigenvalue weighted by molar-refractivity contribution is 8.00. The molecule has 11 heteroatoms. The molecule has 10 nitrogen and oxygen atoms in total. The average Bonchev–Trinajstić information content (AvgIpc) is 3.08. The van der Waals surface area contributed by atoms with E-state index >= 15 is 0 Å². The SMILES string of the molecule is CCCCOC(=O)c1ccc(NC(=O)CSc2cccc(NC(=O)/C(=C\c3ccc(O)cc3OC)NC(=O)c3ccccc3)c2)cc1. The zero-order valence-electron chi connectivity index (χ0n) is 25.9. The Balaban J connectivity index is 1.40. The zero-order chi connectivity index (χ0) is 33.6. The lowest BCUT2D eigenvalue weighted by atomic mass is 10.1. The van der Waals surface area contributed by atoms with Crippen LogP contribution in [0.1, 0.15) is 46.0 Å². The highest BCUT2D eigenvalue weighted by Crippen LogP contribution is 2.27. The van der Waals surface area contributed by atoms with Crippen LogP contribution >= 0.6 is 11.8 Å². The number of ether oxygens (including phenoxy) is 2. The molecule has 0 heterocycles. The third-order valence-electron chi connectivity index (χ3n) is 6.64. The first-order valence-corrected chi connectivity index (χ1v) is 15.8. The maximum atomic E-state index is 13.5. The van der Waals surface area contributed by atoms with Gasteiger partial charge >= 0.3 is 5.97 Å². The van der Waals surface area contributed by atoms with Crippen LogP contribution in [-0.2, 0) is 14.3 Å². The summed E-state index contributed by atoms with van der Waals surface area (Å²) in [6.07, 6.45) is 3.19. The van der Waals surface area contributed by atoms with E-state index in [1.165, 1.54) is 37.1 Å². The number of anilines is 2. The number of carbonyl (C=O) groups excluding carboxylic acids is 4. The van der Waals surface area contributed by atoms with E-state index in [4.69, 9.17) is 9.47 Å². The van der Waals surface area contributed by atoms with Crippen LogP contribution in [0.5, 0.6) is 11.5 Å². The Kier molecular flexibility index (Phi) is 12.6. The summed E-state index contributed by atoms with van der Waals surface area (Å²) in [7, 11) is 1.43. The van der Waals surface area contributed by atoms with Gasteiger partial charge in [0.1, 0.15) is 17.2 Å². The Bertz CT molecular complexity index is 1740. The smallest absolute Gasteiger partial charge is 0.338 e. The molecule has 4 rings (SSSR count). The Morgan fingerprint density at radius 3 is 2.32 bits per heavy atom. The zero-order valence-corrected chi connectivity index (χ0v) is 26.8. The summed E-state index contributed by atoms with van der Waals surface area (Å²) in [5.41, 5.74) is 2.16. The van der Waals surface area contributed by atoms with Gasteiger partial charge in [-0.2, -0.15) is 0 Å². The highest BCUT2D eigenvalue weighted by atomic mass is 32.2. The molecule has 0 bridgehead atoms. The van der Waals surface area contributed by atoms with Gasteiger partial charge in [0.25, 0.3) is 11.8 Å². The van der Waals surface area contributed by atoms with E-state index < -0.39 is 17.8 Å². The first kappa shape index (κ1) is 34.3. The van der Waals surface area contributed by atoms with Gasteiger partial charge in [-0.25, -0.2) is 4.79 Å². The van der Waals surface area contributed by atoms with Crippen LogP contribution in [0.25, 0.3) is 6.08 Å². The number of nitrogens with one attached hydrogen (secondary N) is 3. The van der Waals surface area contributed by atoms with Gasteiger partial charge in [-0.05, 0) is 79.2 Å². The average molecular weight is 654 g/mol. The molecule has 47 heavy (non-hydrogen) atoms. The Morgan fingerprint density at radius 2 is 1.60 bits per heavy atom. The standard InChI is InChI=1S/C36H35N3O7S/c1-3-4-19-46-36(44)25-13-16-27(17-14-25)37-33(41)23-47-30-12-8-11-28(21-30)38-35(43)31(39-34(42)24-9-6-5-7-10-24)20-26-15-18-29(40)22-32(26)45-2/h5-18,20-22,40H,3-4,19,23H2,1-2H3,(H,37,41)(H,38,43)(H,39,42)/b31-20+. The van der Waals surface area contributed by atoms with Crippen molar-refractivity contribution in [2.45, 2.75) is 24.7 Å². The number of carbonyl (C=O) groups is 4. The molecule has 0 fully saturated rings. The van der Waals surface area contributed by atoms with Crippen molar-refractivity contribution in [2.75, 3.05) is 30.1 Å². The minimum Gasteiger partial charge on any atom is -0.508 e. The van der Waals surface area contributed by atoms with E-state index in [-0.39, 0.29) is 23.1 Å². The number of thioether (sulfide) groups is 1. The Labute approximate surface area is 277 Å². The van der Waals surface area contributed by atoms with Gasteiger partial charge in [0.15, 0.2) is 0 Å². The molecule has 4 aromatic carbocycles. The summed E-state index contributed by atoms with van der Waals surface area (Å²) >= 11 is 1.27. The van der Waals surface area contributed by atoms with Crippen molar-refractivity contribution in [3.05, 3.63) is 119 Å². The molecule has 0 aliphatic rings. The van der Waals surface area contributed by atoms with Crippen LogP contribution in [0, 0.1) is 0 Å². The molecule has 0 saturated heterocycles. The van der Waals surface area contributed by atoms with Crippen LogP contribution in [0.2, 0.25) is 0 Å². The van der Waals surface area contributed by atoms with Crippen LogP contribution in [-0.4, -0.2) is 48.3 Å². The quantitative estimate of drug-likeness (QED) is 0.0523. The van der Waals surface area contributed by atoms with Crippen molar-refractivity contribution in [3.8, 4) is 11.5 Å². The number of esters is 1. The molecule has 0 aliphatic heterocycles. The fourth-order valence-electron chi connectivity index (χ4n) is 4.21. The van der Waals surface area contributed by atoms with Crippen LogP contribution in [0.15, 0.2) is 108 Å². The molecule has 0 saturated carbocycles. The van der Waals surface area contributed by atoms with Crippen LogP contribution in [0.4, 0.5) is 11.4 Å². The topological polar surface area (TPSA) is 143 Å². The van der Waals surface area contributed by atoms with E-state index in [0.717, 1.165) is 17.7 Å². The number of phenolic OH excluding ortho intramolecular Hbond substituents is 1. The number of rotatable bonds is 14. The molecule has 0 radical (unpaired) electrons. The lowest BCUT2D eigenvalue weighted by molar-refractivity contribution is -0.114. The number of phenols is 1. The number of methoxy groups -OCH3 is 1. The molecule has 3 amide bonds. The first-order chi connectivity index (χ1) is 22.7. The maximum absolute atomic E-state index is 13.5. The lowest BCUT2D eigenvalue weighted by Crippen LogP contribution is -2.30. The normalized spacial score (nSPS) is 10.9. The Hall–Kier alpha value is -5.55. The van der Waals surface area contributed by atoms with Crippen molar-refractivity contribution in [1.82, 2.24) is 5.32 Å². The molecule has 0 spiro atoms. The van der Waals surface area contributed by atoms with E-state index in [0.29, 0.717) is 40.4 Å². The number of unbranched alkanes of at least 4 members (excludes halogenated alkanes) is 1. The van der Waals surface area contributed by atoms with Gasteiger partial charge in [0.2, 0.25) is 5.91 Å². The van der Waals surface area contributed by atoms with Gasteiger partial charge < -0.3 is 30.5 Å². The van der Waals surface area contributed by atoms with Crippen molar-refractivity contribution >= 4 is 52.9 Å². The number of hydrogen-bond donors (Lipinski definition) is 4. The predicted molar refractivity (Wildman–Crippen MR) is 183 cm³/mol. The monoisotopic (exact) mass is 653 g/mol. The van der Waals surface area contributed by atoms with Crippen molar-refractivity contribution in [1.29, 1.82) is 0 Å². The third kappa shape index (κ3) is 10.5. The number of hydrogen-bond acceptors (Lipinski definition) is 8. The molecule has 0 aliphatic carbocycles. The molecule has 0 unspecified atom stereocenters. The summed E-state index contributed by atoms with van der Waals surface area (Å²) < 4.78 is 10.6. The second kappa shape index (κ2) is 17.2. The van der Waals surface area contributed by atoms with E-state index in [2.05, 4.69) is 16.0 Å². The molecule has 4 N–H and O–H groups in total. The van der Waals surface area contributed by atoms with E-state index in [1.807, 2.05) is 13.0 Å². The summed E-state index contributed by atoms with van der Waals surface area (Å²) in [4.78, 5) is 51.9. The number of amides is 3. The van der Waals surface area contributed by atoms with Crippen LogP contribution in [0.3, 0.4) is 0 Å².